The summed E-state index contributed by atoms with van der Waals surface area (Å²) in [6, 6.07) is 12.5. The van der Waals surface area contributed by atoms with Crippen LogP contribution in [0.3, 0.4) is 0 Å². The van der Waals surface area contributed by atoms with Crippen molar-refractivity contribution < 1.29 is 9.53 Å². The van der Waals surface area contributed by atoms with E-state index < -0.39 is 0 Å². The fraction of sp³-hybridized carbons (Fsp3) is 0.500. The van der Waals surface area contributed by atoms with E-state index in [1.54, 1.807) is 9.58 Å². The zero-order chi connectivity index (χ0) is 18.7. The predicted octanol–water partition coefficient (Wildman–Crippen LogP) is 2.03. The number of hydrogen-bond donors (Lipinski definition) is 0. The number of hydrogen-bond acceptors (Lipinski definition) is 4. The first-order chi connectivity index (χ1) is 12.5. The van der Waals surface area contributed by atoms with Gasteiger partial charge >= 0.3 is 0 Å². The van der Waals surface area contributed by atoms with Gasteiger partial charge in [0.25, 0.3) is 0 Å². The smallest absolute Gasteiger partial charge is 0.244 e. The lowest BCUT2D eigenvalue weighted by atomic mass is 9.98. The second-order valence-corrected chi connectivity index (χ2v) is 7.10. The molecule has 1 saturated heterocycles. The van der Waals surface area contributed by atoms with Gasteiger partial charge < -0.3 is 9.64 Å². The van der Waals surface area contributed by atoms with Crippen LogP contribution in [0.5, 0.6) is 0 Å². The molecule has 2 aromatic rings. The Morgan fingerprint density at radius 1 is 1.31 bits per heavy atom. The first-order valence-electron chi connectivity index (χ1n) is 9.07. The van der Waals surface area contributed by atoms with Crippen molar-refractivity contribution in [2.75, 3.05) is 33.8 Å². The average Bonchev–Trinajstić information content (AvgIpc) is 2.93. The van der Waals surface area contributed by atoms with E-state index in [0.29, 0.717) is 13.2 Å². The number of carbonyl (C=O) groups excluding carboxylic acids is 1. The molecule has 0 spiro atoms. The summed E-state index contributed by atoms with van der Waals surface area (Å²) in [5, 5.41) is 4.38. The van der Waals surface area contributed by atoms with Crippen molar-refractivity contribution in [2.24, 2.45) is 0 Å². The topological polar surface area (TPSA) is 50.6 Å². The van der Waals surface area contributed by atoms with Gasteiger partial charge in [-0.15, -0.1) is 0 Å². The fourth-order valence-electron chi connectivity index (χ4n) is 3.59. The van der Waals surface area contributed by atoms with Gasteiger partial charge in [-0.1, -0.05) is 30.3 Å². The maximum Gasteiger partial charge on any atom is 0.244 e. The van der Waals surface area contributed by atoms with Crippen LogP contribution in [-0.2, 0) is 16.1 Å². The summed E-state index contributed by atoms with van der Waals surface area (Å²) in [5.41, 5.74) is 3.15. The summed E-state index contributed by atoms with van der Waals surface area (Å²) >= 11 is 0. The maximum absolute atomic E-state index is 12.7. The van der Waals surface area contributed by atoms with Gasteiger partial charge in [0.1, 0.15) is 6.54 Å². The molecule has 6 nitrogen and oxygen atoms in total. The second kappa shape index (κ2) is 8.01. The molecule has 0 saturated carbocycles. The number of aryl methyl sites for hydroxylation is 2. The minimum absolute atomic E-state index is 0.0415. The molecule has 6 heteroatoms. The van der Waals surface area contributed by atoms with E-state index in [1.807, 2.05) is 45.2 Å². The van der Waals surface area contributed by atoms with Crippen LogP contribution < -0.4 is 0 Å². The number of amides is 1. The number of nitrogens with zero attached hydrogens (tertiary/aromatic N) is 4. The van der Waals surface area contributed by atoms with Gasteiger partial charge in [0.2, 0.25) is 5.91 Å². The second-order valence-electron chi connectivity index (χ2n) is 7.10. The molecule has 1 amide bonds. The highest BCUT2D eigenvalue weighted by Crippen LogP contribution is 2.28. The number of ether oxygens (including phenoxy) is 1. The molecule has 1 fully saturated rings. The van der Waals surface area contributed by atoms with Crippen LogP contribution in [0.15, 0.2) is 36.4 Å². The zero-order valence-electron chi connectivity index (χ0n) is 16.1. The third-order valence-electron chi connectivity index (χ3n) is 5.01. The van der Waals surface area contributed by atoms with Crippen molar-refractivity contribution >= 4 is 5.91 Å². The van der Waals surface area contributed by atoms with Crippen LogP contribution in [0.1, 0.15) is 23.0 Å². The Morgan fingerprint density at radius 3 is 2.69 bits per heavy atom. The molecule has 1 aromatic heterocycles. The summed E-state index contributed by atoms with van der Waals surface area (Å²) in [7, 11) is 3.96. The Labute approximate surface area is 155 Å². The van der Waals surface area contributed by atoms with Crippen LogP contribution in [-0.4, -0.2) is 65.4 Å². The van der Waals surface area contributed by atoms with Gasteiger partial charge in [-0.25, -0.2) is 0 Å². The summed E-state index contributed by atoms with van der Waals surface area (Å²) in [6.07, 6.45) is -0.0504. The Morgan fingerprint density at radius 2 is 2.04 bits per heavy atom. The molecule has 26 heavy (non-hydrogen) atoms. The summed E-state index contributed by atoms with van der Waals surface area (Å²) < 4.78 is 7.82. The lowest BCUT2D eigenvalue weighted by Gasteiger charge is -2.40. The van der Waals surface area contributed by atoms with E-state index in [0.717, 1.165) is 17.9 Å². The highest BCUT2D eigenvalue weighted by atomic mass is 16.5. The van der Waals surface area contributed by atoms with Crippen LogP contribution in [0.2, 0.25) is 0 Å². The number of benzene rings is 1. The number of likely N-dealkylation sites (N-methyl/N-ethyl adjacent to an activating group) is 2. The Kier molecular flexibility index (Phi) is 5.74. The van der Waals surface area contributed by atoms with Crippen LogP contribution in [0.4, 0.5) is 0 Å². The zero-order valence-corrected chi connectivity index (χ0v) is 16.1. The van der Waals surface area contributed by atoms with Crippen molar-refractivity contribution in [2.45, 2.75) is 32.5 Å². The van der Waals surface area contributed by atoms with Crippen molar-refractivity contribution in [1.82, 2.24) is 19.6 Å². The van der Waals surface area contributed by atoms with E-state index in [-0.39, 0.29) is 24.6 Å². The summed E-state index contributed by atoms with van der Waals surface area (Å²) in [6.45, 7) is 6.30. The molecule has 0 N–H and O–H groups in total. The average molecular weight is 356 g/mol. The monoisotopic (exact) mass is 356 g/mol. The van der Waals surface area contributed by atoms with E-state index in [9.17, 15) is 4.79 Å². The molecule has 0 bridgehead atoms. The molecule has 2 heterocycles. The first-order valence-corrected chi connectivity index (χ1v) is 9.07. The van der Waals surface area contributed by atoms with Crippen molar-refractivity contribution in [3.63, 3.8) is 0 Å². The van der Waals surface area contributed by atoms with Gasteiger partial charge in [0, 0.05) is 25.8 Å². The number of aromatic nitrogens is 2. The van der Waals surface area contributed by atoms with E-state index in [4.69, 9.17) is 4.74 Å². The predicted molar refractivity (Wildman–Crippen MR) is 101 cm³/mol. The third kappa shape index (κ3) is 4.14. The number of morpholine rings is 1. The lowest BCUT2D eigenvalue weighted by molar-refractivity contribution is -0.135. The van der Waals surface area contributed by atoms with Crippen molar-refractivity contribution in [3.05, 3.63) is 53.3 Å². The molecule has 0 aliphatic carbocycles. The lowest BCUT2D eigenvalue weighted by Crippen LogP contribution is -2.49. The molecule has 1 aromatic carbocycles. The Hall–Kier alpha value is -2.18. The number of carbonyl (C=O) groups is 1. The van der Waals surface area contributed by atoms with Crippen molar-refractivity contribution in [3.8, 4) is 0 Å². The summed E-state index contributed by atoms with van der Waals surface area (Å²) in [5.74, 6) is 0.0415. The SMILES string of the molecule is Cc1cc(C)n(CC(=O)N(C)C[C@@H]2OCCN(C)[C@H]2c2ccccc2)n1. The highest BCUT2D eigenvalue weighted by molar-refractivity contribution is 5.75. The van der Waals surface area contributed by atoms with Gasteiger partial charge in [-0.05, 0) is 32.5 Å². The van der Waals surface area contributed by atoms with Gasteiger partial charge in [-0.3, -0.25) is 14.4 Å². The van der Waals surface area contributed by atoms with Gasteiger partial charge in [0.05, 0.1) is 24.4 Å². The molecule has 3 rings (SSSR count). The van der Waals surface area contributed by atoms with Crippen LogP contribution in [0, 0.1) is 13.8 Å². The number of rotatable bonds is 5. The molecule has 140 valence electrons. The highest BCUT2D eigenvalue weighted by Gasteiger charge is 2.33. The summed E-state index contributed by atoms with van der Waals surface area (Å²) in [4.78, 5) is 16.7. The third-order valence-corrected chi connectivity index (χ3v) is 5.01. The molecule has 0 radical (unpaired) electrons. The molecule has 1 aliphatic rings. The quantitative estimate of drug-likeness (QED) is 0.823. The standard InChI is InChI=1S/C20H28N4O2/c1-15-12-16(2)24(21-15)14-19(25)23(4)13-18-20(22(3)10-11-26-18)17-8-6-5-7-9-17/h5-9,12,18,20H,10-11,13-14H2,1-4H3/t18-,20-/m0/s1. The first kappa shape index (κ1) is 18.6. The van der Waals surface area contributed by atoms with Crippen LogP contribution in [0.25, 0.3) is 0 Å². The Bertz CT molecular complexity index is 744. The minimum Gasteiger partial charge on any atom is -0.373 e. The molecule has 1 aliphatic heterocycles. The van der Waals surface area contributed by atoms with E-state index >= 15 is 0 Å². The van der Waals surface area contributed by atoms with E-state index in [2.05, 4.69) is 29.2 Å². The Balaban J connectivity index is 1.69. The minimum atomic E-state index is -0.0504. The van der Waals surface area contributed by atoms with Crippen molar-refractivity contribution in [1.29, 1.82) is 0 Å². The van der Waals surface area contributed by atoms with Gasteiger partial charge in [-0.2, -0.15) is 5.10 Å². The van der Waals surface area contributed by atoms with Gasteiger partial charge in [0.15, 0.2) is 0 Å². The fourth-order valence-corrected chi connectivity index (χ4v) is 3.59. The largest absolute Gasteiger partial charge is 0.373 e. The molecule has 2 atom stereocenters. The van der Waals surface area contributed by atoms with Crippen LogP contribution >= 0.6 is 0 Å². The molecular weight excluding hydrogens is 328 g/mol. The molecule has 0 unspecified atom stereocenters. The molecular formula is C20H28N4O2. The van der Waals surface area contributed by atoms with E-state index in [1.165, 1.54) is 5.56 Å². The maximum atomic E-state index is 12.7. The normalized spacial score (nSPS) is 20.9.